The normalized spacial score (nSPS) is 15.5. The molecule has 1 atom stereocenters. The highest BCUT2D eigenvalue weighted by Crippen LogP contribution is 2.20. The molecule has 90 valence electrons. The van der Waals surface area contributed by atoms with Crippen LogP contribution >= 0.6 is 10.7 Å². The predicted molar refractivity (Wildman–Crippen MR) is 65.4 cm³/mol. The molecule has 1 aromatic rings. The molecule has 0 N–H and O–H groups in total. The van der Waals surface area contributed by atoms with Gasteiger partial charge in [0.15, 0.2) is 0 Å². The van der Waals surface area contributed by atoms with Crippen molar-refractivity contribution in [1.29, 1.82) is 0 Å². The van der Waals surface area contributed by atoms with Gasteiger partial charge < -0.3 is 0 Å². The third-order valence-corrected chi connectivity index (χ3v) is 5.60. The molecule has 0 amide bonds. The maximum atomic E-state index is 12.1. The highest BCUT2D eigenvalue weighted by molar-refractivity contribution is 8.17. The average molecular weight is 282 g/mol. The maximum absolute atomic E-state index is 12.1. The van der Waals surface area contributed by atoms with Gasteiger partial charge in [0.25, 0.3) is 0 Å². The van der Waals surface area contributed by atoms with Gasteiger partial charge in [0.1, 0.15) is 0 Å². The van der Waals surface area contributed by atoms with Gasteiger partial charge in [-0.3, -0.25) is 0 Å². The van der Waals surface area contributed by atoms with Crippen LogP contribution in [0.5, 0.6) is 0 Å². The Hall–Kier alpha value is -0.590. The molecular weight excluding hydrogens is 270 g/mol. The molecule has 0 unspecified atom stereocenters. The second kappa shape index (κ2) is 4.35. The molecule has 0 aliphatic carbocycles. The number of nitrogens with zero attached hydrogens (tertiary/aromatic N) is 1. The van der Waals surface area contributed by atoms with Crippen molar-refractivity contribution in [2.75, 3.05) is 6.26 Å². The summed E-state index contributed by atoms with van der Waals surface area (Å²) in [5.41, 5.74) is 1.74. The third-order valence-electron chi connectivity index (χ3n) is 1.97. The molecule has 4 nitrogen and oxygen atoms in total. The van der Waals surface area contributed by atoms with Crippen LogP contribution in [0.3, 0.4) is 0 Å². The Morgan fingerprint density at radius 3 is 2.19 bits per heavy atom. The van der Waals surface area contributed by atoms with Crippen LogP contribution in [-0.4, -0.2) is 18.9 Å². The molecule has 0 saturated heterocycles. The van der Waals surface area contributed by atoms with Gasteiger partial charge in [0, 0.05) is 16.9 Å². The van der Waals surface area contributed by atoms with E-state index in [1.807, 2.05) is 13.0 Å². The predicted octanol–water partition coefficient (Wildman–Crippen LogP) is 2.24. The number of halogens is 1. The summed E-state index contributed by atoms with van der Waals surface area (Å²) in [6.45, 7) is 3.64. The topological polar surface area (TPSA) is 63.6 Å². The molecule has 0 saturated carbocycles. The Morgan fingerprint density at radius 1 is 1.19 bits per heavy atom. The van der Waals surface area contributed by atoms with E-state index in [1.54, 1.807) is 19.1 Å². The highest BCUT2D eigenvalue weighted by Gasteiger charge is 2.13. The highest BCUT2D eigenvalue weighted by atomic mass is 35.7. The molecule has 0 aliphatic rings. The van der Waals surface area contributed by atoms with Gasteiger partial charge in [-0.1, -0.05) is 21.5 Å². The molecular formula is C9H12ClNO3S2. The molecule has 0 spiro atoms. The van der Waals surface area contributed by atoms with E-state index in [9.17, 15) is 12.6 Å². The first-order valence-electron chi connectivity index (χ1n) is 4.37. The largest absolute Gasteiger partial charge is 0.347 e. The lowest BCUT2D eigenvalue weighted by atomic mass is 10.2. The van der Waals surface area contributed by atoms with Crippen molar-refractivity contribution in [1.82, 2.24) is 0 Å². The standard InChI is InChI=1S/C9H12ClNO3S2/c1-7-4-5-9(8(2)6-7)15(3,12)11-16(10,13)14/h4-6H,1-3H3/t15-/m0/s1. The Morgan fingerprint density at radius 2 is 1.75 bits per heavy atom. The van der Waals surface area contributed by atoms with E-state index < -0.39 is 19.0 Å². The van der Waals surface area contributed by atoms with Crippen molar-refractivity contribution in [2.45, 2.75) is 18.7 Å². The van der Waals surface area contributed by atoms with E-state index in [0.717, 1.165) is 11.1 Å². The summed E-state index contributed by atoms with van der Waals surface area (Å²) < 4.78 is 36.9. The maximum Gasteiger partial charge on any atom is 0.347 e. The van der Waals surface area contributed by atoms with Crippen LogP contribution < -0.4 is 0 Å². The van der Waals surface area contributed by atoms with Crippen molar-refractivity contribution in [3.05, 3.63) is 29.3 Å². The molecule has 0 radical (unpaired) electrons. The van der Waals surface area contributed by atoms with Gasteiger partial charge >= 0.3 is 9.24 Å². The monoisotopic (exact) mass is 281 g/mol. The lowest BCUT2D eigenvalue weighted by Crippen LogP contribution is -2.02. The minimum atomic E-state index is -4.14. The quantitative estimate of drug-likeness (QED) is 0.781. The summed E-state index contributed by atoms with van der Waals surface area (Å²) in [7, 11) is -2.17. The van der Waals surface area contributed by atoms with Crippen molar-refractivity contribution in [3.63, 3.8) is 0 Å². The average Bonchev–Trinajstić information content (AvgIpc) is 1.97. The summed E-state index contributed by atoms with van der Waals surface area (Å²) in [5.74, 6) is 0. The fraction of sp³-hybridized carbons (Fsp3) is 0.333. The fourth-order valence-corrected chi connectivity index (χ4v) is 5.06. The van der Waals surface area contributed by atoms with Gasteiger partial charge in [0.2, 0.25) is 0 Å². The lowest BCUT2D eigenvalue weighted by molar-refractivity contribution is 0.611. The molecule has 0 aliphatic heterocycles. The van der Waals surface area contributed by atoms with Crippen LogP contribution in [0.4, 0.5) is 0 Å². The summed E-state index contributed by atoms with van der Waals surface area (Å²) in [4.78, 5) is 0.391. The van der Waals surface area contributed by atoms with Crippen molar-refractivity contribution in [2.24, 2.45) is 3.77 Å². The Labute approximate surface area is 100 Å². The molecule has 0 aromatic heterocycles. The van der Waals surface area contributed by atoms with E-state index in [4.69, 9.17) is 10.7 Å². The van der Waals surface area contributed by atoms with Crippen LogP contribution in [0.1, 0.15) is 11.1 Å². The molecule has 1 aromatic carbocycles. The van der Waals surface area contributed by atoms with Crippen LogP contribution in [0.15, 0.2) is 26.9 Å². The fourth-order valence-electron chi connectivity index (χ4n) is 1.43. The number of hydrogen-bond acceptors (Lipinski definition) is 3. The van der Waals surface area contributed by atoms with E-state index in [1.165, 1.54) is 6.26 Å². The van der Waals surface area contributed by atoms with E-state index in [-0.39, 0.29) is 0 Å². The minimum Gasteiger partial charge on any atom is -0.244 e. The second-order valence-electron chi connectivity index (χ2n) is 3.56. The number of hydrogen-bond donors (Lipinski definition) is 0. The lowest BCUT2D eigenvalue weighted by Gasteiger charge is -2.07. The Balaban J connectivity index is 3.51. The zero-order chi connectivity index (χ0) is 12.6. The summed E-state index contributed by atoms with van der Waals surface area (Å²) in [6, 6.07) is 5.18. The zero-order valence-corrected chi connectivity index (χ0v) is 11.5. The van der Waals surface area contributed by atoms with E-state index in [0.29, 0.717) is 4.90 Å². The van der Waals surface area contributed by atoms with Crippen molar-refractivity contribution in [3.8, 4) is 0 Å². The minimum absolute atomic E-state index is 0.391. The first-order valence-corrected chi connectivity index (χ1v) is 8.56. The summed E-state index contributed by atoms with van der Waals surface area (Å²) in [6.07, 6.45) is 1.25. The van der Waals surface area contributed by atoms with Crippen molar-refractivity contribution < 1.29 is 12.6 Å². The second-order valence-corrected chi connectivity index (χ2v) is 8.19. The van der Waals surface area contributed by atoms with Crippen LogP contribution in [0.25, 0.3) is 0 Å². The first kappa shape index (κ1) is 13.5. The van der Waals surface area contributed by atoms with Gasteiger partial charge in [-0.05, 0) is 25.5 Å². The number of aryl methyl sites for hydroxylation is 2. The first-order chi connectivity index (χ1) is 7.12. The molecule has 7 heteroatoms. The van der Waals surface area contributed by atoms with Crippen LogP contribution in [0, 0.1) is 13.8 Å². The molecule has 0 bridgehead atoms. The number of benzene rings is 1. The van der Waals surface area contributed by atoms with E-state index in [2.05, 4.69) is 3.77 Å². The molecule has 16 heavy (non-hydrogen) atoms. The van der Waals surface area contributed by atoms with Gasteiger partial charge in [0.05, 0.1) is 14.6 Å². The van der Waals surface area contributed by atoms with E-state index >= 15 is 0 Å². The van der Waals surface area contributed by atoms with Gasteiger partial charge in [-0.2, -0.15) is 8.42 Å². The molecule has 0 heterocycles. The summed E-state index contributed by atoms with van der Waals surface area (Å²) >= 11 is 0. The zero-order valence-electron chi connectivity index (χ0n) is 9.10. The third kappa shape index (κ3) is 3.47. The van der Waals surface area contributed by atoms with Crippen LogP contribution in [-0.2, 0) is 19.0 Å². The number of rotatable bonds is 2. The molecule has 1 rings (SSSR count). The Kier molecular flexibility index (Phi) is 3.66. The van der Waals surface area contributed by atoms with Crippen LogP contribution in [0.2, 0.25) is 0 Å². The Bertz CT molecular complexity index is 628. The SMILES string of the molecule is Cc1ccc([S@](C)(=O)=NS(=O)(=O)Cl)c(C)c1. The summed E-state index contributed by atoms with van der Waals surface area (Å²) in [5, 5.41) is 0. The van der Waals surface area contributed by atoms with Gasteiger partial charge in [-0.15, -0.1) is 0 Å². The smallest absolute Gasteiger partial charge is 0.244 e. The van der Waals surface area contributed by atoms with Crippen molar-refractivity contribution >= 4 is 29.6 Å². The molecule has 0 fully saturated rings. The van der Waals surface area contributed by atoms with Gasteiger partial charge in [-0.25, -0.2) is 4.21 Å².